The zero-order valence-corrected chi connectivity index (χ0v) is 14.9. The molecule has 1 radical (unpaired) electrons. The molecule has 3 rings (SSSR count). The number of hydrogen-bond donors (Lipinski definition) is 1. The predicted octanol–water partition coefficient (Wildman–Crippen LogP) is 5.38. The van der Waals surface area contributed by atoms with Crippen LogP contribution < -0.4 is 4.74 Å². The number of aliphatic hydroxyl groups is 1. The second kappa shape index (κ2) is 7.73. The maximum Gasteiger partial charge on any atom is 0.130 e. The largest absolute Gasteiger partial charge is 0.497 e. The van der Waals surface area contributed by atoms with E-state index >= 15 is 0 Å². The smallest absolute Gasteiger partial charge is 0.130 e. The van der Waals surface area contributed by atoms with E-state index in [0.29, 0.717) is 49.0 Å². The van der Waals surface area contributed by atoms with E-state index in [-0.39, 0.29) is 5.82 Å². The molecule has 0 atom stereocenters. The van der Waals surface area contributed by atoms with Crippen molar-refractivity contribution in [2.45, 2.75) is 37.9 Å². The van der Waals surface area contributed by atoms with Gasteiger partial charge in [0, 0.05) is 10.6 Å². The molecular formula is C20H21ClFO3. The van der Waals surface area contributed by atoms with Crippen molar-refractivity contribution in [2.24, 2.45) is 0 Å². The molecule has 1 saturated carbocycles. The SMILES string of the molecule is COc1ccc(COC2(c3ccc(Cl)cc3F)CC[C](O)CC2)cc1. The molecular weight excluding hydrogens is 343 g/mol. The van der Waals surface area contributed by atoms with Crippen LogP contribution in [-0.2, 0) is 16.9 Å². The van der Waals surface area contributed by atoms with Gasteiger partial charge >= 0.3 is 0 Å². The third kappa shape index (κ3) is 4.14. The first kappa shape index (κ1) is 18.2. The maximum absolute atomic E-state index is 14.6. The minimum atomic E-state index is -0.763. The van der Waals surface area contributed by atoms with E-state index < -0.39 is 5.60 Å². The van der Waals surface area contributed by atoms with Crippen molar-refractivity contribution in [1.82, 2.24) is 0 Å². The zero-order chi connectivity index (χ0) is 17.9. The number of ether oxygens (including phenoxy) is 2. The zero-order valence-electron chi connectivity index (χ0n) is 14.1. The molecule has 133 valence electrons. The van der Waals surface area contributed by atoms with Gasteiger partial charge in [-0.3, -0.25) is 0 Å². The van der Waals surface area contributed by atoms with Gasteiger partial charge in [-0.15, -0.1) is 0 Å². The summed E-state index contributed by atoms with van der Waals surface area (Å²) in [5.74, 6) is 0.406. The lowest BCUT2D eigenvalue weighted by atomic mass is 9.78. The fraction of sp³-hybridized carbons (Fsp3) is 0.350. The van der Waals surface area contributed by atoms with Gasteiger partial charge in [0.25, 0.3) is 0 Å². The minimum Gasteiger partial charge on any atom is -0.497 e. The summed E-state index contributed by atoms with van der Waals surface area (Å²) in [7, 11) is 1.62. The first-order valence-corrected chi connectivity index (χ1v) is 8.66. The fourth-order valence-corrected chi connectivity index (χ4v) is 3.39. The lowest BCUT2D eigenvalue weighted by Crippen LogP contribution is -2.35. The van der Waals surface area contributed by atoms with E-state index in [4.69, 9.17) is 21.1 Å². The highest BCUT2D eigenvalue weighted by Crippen LogP contribution is 2.44. The monoisotopic (exact) mass is 363 g/mol. The van der Waals surface area contributed by atoms with Crippen LogP contribution in [0.4, 0.5) is 4.39 Å². The van der Waals surface area contributed by atoms with Crippen molar-refractivity contribution < 1.29 is 19.0 Å². The van der Waals surface area contributed by atoms with Gasteiger partial charge in [-0.05, 0) is 55.5 Å². The van der Waals surface area contributed by atoms with Gasteiger partial charge in [0.1, 0.15) is 11.6 Å². The molecule has 0 heterocycles. The predicted molar refractivity (Wildman–Crippen MR) is 94.5 cm³/mol. The summed E-state index contributed by atoms with van der Waals surface area (Å²) < 4.78 is 25.9. The summed E-state index contributed by atoms with van der Waals surface area (Å²) in [4.78, 5) is 0. The topological polar surface area (TPSA) is 38.7 Å². The van der Waals surface area contributed by atoms with E-state index in [1.807, 2.05) is 24.3 Å². The molecule has 1 N–H and O–H groups in total. The molecule has 2 aromatic carbocycles. The van der Waals surface area contributed by atoms with Gasteiger partial charge in [0.05, 0.1) is 25.4 Å². The molecule has 0 bridgehead atoms. The molecule has 0 spiro atoms. The van der Waals surface area contributed by atoms with Crippen LogP contribution in [0.3, 0.4) is 0 Å². The molecule has 1 aliphatic carbocycles. The van der Waals surface area contributed by atoms with Crippen LogP contribution in [0, 0.1) is 11.9 Å². The van der Waals surface area contributed by atoms with Crippen molar-refractivity contribution in [3.8, 4) is 5.75 Å². The Morgan fingerprint density at radius 1 is 1.12 bits per heavy atom. The Morgan fingerprint density at radius 3 is 2.40 bits per heavy atom. The summed E-state index contributed by atoms with van der Waals surface area (Å²) in [6.45, 7) is 0.354. The number of rotatable bonds is 5. The molecule has 0 aliphatic heterocycles. The van der Waals surface area contributed by atoms with Crippen LogP contribution in [0.2, 0.25) is 5.02 Å². The molecule has 3 nitrogen and oxygen atoms in total. The quantitative estimate of drug-likeness (QED) is 0.775. The number of aliphatic hydroxyl groups excluding tert-OH is 1. The Bertz CT molecular complexity index is 709. The molecule has 5 heteroatoms. The van der Waals surface area contributed by atoms with Crippen LogP contribution in [0.5, 0.6) is 5.75 Å². The van der Waals surface area contributed by atoms with Crippen molar-refractivity contribution in [2.75, 3.05) is 7.11 Å². The van der Waals surface area contributed by atoms with Crippen LogP contribution in [0.1, 0.15) is 36.8 Å². The van der Waals surface area contributed by atoms with Crippen molar-refractivity contribution >= 4 is 11.6 Å². The first-order valence-electron chi connectivity index (χ1n) is 8.28. The fourth-order valence-electron chi connectivity index (χ4n) is 3.24. The molecule has 0 amide bonds. The maximum atomic E-state index is 14.6. The van der Waals surface area contributed by atoms with Crippen molar-refractivity contribution in [1.29, 1.82) is 0 Å². The third-order valence-electron chi connectivity index (χ3n) is 4.73. The molecule has 0 saturated heterocycles. The highest BCUT2D eigenvalue weighted by molar-refractivity contribution is 6.30. The summed E-state index contributed by atoms with van der Waals surface area (Å²) in [5, 5.41) is 10.1. The first-order chi connectivity index (χ1) is 12.0. The van der Waals surface area contributed by atoms with Gasteiger partial charge in [-0.2, -0.15) is 0 Å². The lowest BCUT2D eigenvalue weighted by Gasteiger charge is -2.39. The Balaban J connectivity index is 1.83. The van der Waals surface area contributed by atoms with Gasteiger partial charge in [0.2, 0.25) is 0 Å². The standard InChI is InChI=1S/C20H21ClFO3/c1-24-17-5-2-14(3-6-17)13-25-20(10-8-16(23)9-11-20)18-7-4-15(21)12-19(18)22/h2-7,12,23H,8-11,13H2,1H3. The number of hydrogen-bond acceptors (Lipinski definition) is 3. The summed E-state index contributed by atoms with van der Waals surface area (Å²) >= 11 is 5.89. The second-order valence-electron chi connectivity index (χ2n) is 6.32. The molecule has 0 unspecified atom stereocenters. The average Bonchev–Trinajstić information content (AvgIpc) is 2.62. The van der Waals surface area contributed by atoms with Crippen LogP contribution in [0.25, 0.3) is 0 Å². The second-order valence-corrected chi connectivity index (χ2v) is 6.76. The normalized spacial score (nSPS) is 17.4. The van der Waals surface area contributed by atoms with Gasteiger partial charge in [0.15, 0.2) is 0 Å². The Morgan fingerprint density at radius 2 is 1.80 bits per heavy atom. The molecule has 25 heavy (non-hydrogen) atoms. The molecule has 2 aromatic rings. The third-order valence-corrected chi connectivity index (χ3v) is 4.97. The summed E-state index contributed by atoms with van der Waals surface area (Å²) in [5.41, 5.74) is 0.715. The molecule has 0 aromatic heterocycles. The molecule has 1 aliphatic rings. The van der Waals surface area contributed by atoms with Gasteiger partial charge < -0.3 is 14.6 Å². The van der Waals surface area contributed by atoms with E-state index in [1.54, 1.807) is 19.2 Å². The highest BCUT2D eigenvalue weighted by atomic mass is 35.5. The number of halogens is 2. The van der Waals surface area contributed by atoms with Crippen LogP contribution in [-0.4, -0.2) is 12.2 Å². The minimum absolute atomic E-state index is 0.354. The lowest BCUT2D eigenvalue weighted by molar-refractivity contribution is -0.0932. The summed E-state index contributed by atoms with van der Waals surface area (Å²) in [6, 6.07) is 12.3. The van der Waals surface area contributed by atoms with Gasteiger partial charge in [-0.1, -0.05) is 29.8 Å². The van der Waals surface area contributed by atoms with E-state index in [9.17, 15) is 9.50 Å². The molecule has 1 fully saturated rings. The van der Waals surface area contributed by atoms with E-state index in [1.165, 1.54) is 6.07 Å². The Kier molecular flexibility index (Phi) is 5.62. The number of benzene rings is 2. The van der Waals surface area contributed by atoms with Crippen molar-refractivity contribution in [3.05, 3.63) is 70.5 Å². The van der Waals surface area contributed by atoms with Crippen LogP contribution in [0.15, 0.2) is 42.5 Å². The number of methoxy groups -OCH3 is 1. The summed E-state index contributed by atoms with van der Waals surface area (Å²) in [6.07, 6.45) is 2.52. The van der Waals surface area contributed by atoms with Crippen molar-refractivity contribution in [3.63, 3.8) is 0 Å². The van der Waals surface area contributed by atoms with E-state index in [0.717, 1.165) is 11.3 Å². The average molecular weight is 364 g/mol. The highest BCUT2D eigenvalue weighted by Gasteiger charge is 2.39. The Hall–Kier alpha value is -1.62. The van der Waals surface area contributed by atoms with E-state index in [2.05, 4.69) is 0 Å². The van der Waals surface area contributed by atoms with Gasteiger partial charge in [-0.25, -0.2) is 4.39 Å². The van der Waals surface area contributed by atoms with Crippen LogP contribution >= 0.6 is 11.6 Å². The Labute approximate surface area is 152 Å².